The summed E-state index contributed by atoms with van der Waals surface area (Å²) >= 11 is 6.41. The molecule has 7 N–H and O–H groups in total. The first-order valence-corrected chi connectivity index (χ1v) is 37.9. The molecular formula is C72H76ClN19O9S3. The van der Waals surface area contributed by atoms with Gasteiger partial charge in [-0.1, -0.05) is 72.3 Å². The summed E-state index contributed by atoms with van der Waals surface area (Å²) in [5.41, 5.74) is 22.9. The molecule has 538 valence electrons. The topological polar surface area (TPSA) is 391 Å². The van der Waals surface area contributed by atoms with Crippen LogP contribution in [0.1, 0.15) is 50.5 Å². The maximum Gasteiger partial charge on any atom is 0.270 e. The summed E-state index contributed by atoms with van der Waals surface area (Å²) in [7, 11) is -2.67. The number of aromatic nitrogens is 12. The first kappa shape index (κ1) is 73.3. The number of halogens is 1. The van der Waals surface area contributed by atoms with Gasteiger partial charge in [-0.3, -0.25) is 4.98 Å². The normalized spacial score (nSPS) is 14.2. The number of nitrogens with two attached hydrogens (primary N) is 2. The Hall–Kier alpha value is -10.5. The summed E-state index contributed by atoms with van der Waals surface area (Å²) in [4.78, 5) is 29.4. The molecule has 32 heteroatoms. The number of hydrogen-bond acceptors (Lipinski definition) is 27. The Morgan fingerprint density at radius 1 is 0.510 bits per heavy atom. The van der Waals surface area contributed by atoms with E-state index in [-0.39, 0.29) is 62.2 Å². The number of nitrogens with zero attached hydrogens (tertiary/aromatic N) is 14. The van der Waals surface area contributed by atoms with Crippen LogP contribution in [0, 0.1) is 6.92 Å². The zero-order valence-electron chi connectivity index (χ0n) is 57.7. The third-order valence-electron chi connectivity index (χ3n) is 17.2. The first-order chi connectivity index (χ1) is 50.0. The van der Waals surface area contributed by atoms with Gasteiger partial charge in [0, 0.05) is 74.1 Å². The summed E-state index contributed by atoms with van der Waals surface area (Å²) in [6.45, 7) is 9.82. The van der Waals surface area contributed by atoms with Gasteiger partial charge in [-0.25, -0.2) is 50.2 Å². The second-order valence-electron chi connectivity index (χ2n) is 24.8. The third kappa shape index (κ3) is 16.3. The van der Waals surface area contributed by atoms with Crippen molar-refractivity contribution in [2.75, 3.05) is 65.8 Å². The van der Waals surface area contributed by atoms with Gasteiger partial charge in [-0.15, -0.1) is 30.6 Å². The fraction of sp³-hybridized carbons (Fsp3) is 0.250. The number of nitrogens with one attached hydrogen (secondary N) is 3. The van der Waals surface area contributed by atoms with Gasteiger partial charge >= 0.3 is 0 Å². The predicted octanol–water partition coefficient (Wildman–Crippen LogP) is 10.2. The third-order valence-corrected chi connectivity index (χ3v) is 23.8. The molecule has 0 spiro atoms. The van der Waals surface area contributed by atoms with Gasteiger partial charge in [0.2, 0.25) is 27.7 Å². The lowest BCUT2D eigenvalue weighted by Gasteiger charge is -2.29. The molecule has 14 rings (SSSR count). The largest absolute Gasteiger partial charge is 0.415 e. The van der Waals surface area contributed by atoms with E-state index < -0.39 is 34.9 Å². The monoisotopic (exact) mass is 1480 g/mol. The van der Waals surface area contributed by atoms with E-state index >= 15 is 0 Å². The zero-order valence-corrected chi connectivity index (χ0v) is 60.9. The van der Waals surface area contributed by atoms with Crippen LogP contribution >= 0.6 is 11.6 Å². The van der Waals surface area contributed by atoms with E-state index in [1.165, 1.54) is 28.8 Å². The van der Waals surface area contributed by atoms with Crippen molar-refractivity contribution in [3.05, 3.63) is 186 Å². The number of benzene rings is 6. The molecule has 28 nitrogen and oxygen atoms in total. The van der Waals surface area contributed by atoms with Crippen LogP contribution in [0.25, 0.3) is 103 Å². The highest BCUT2D eigenvalue weighted by Gasteiger charge is 2.34. The molecule has 104 heavy (non-hydrogen) atoms. The van der Waals surface area contributed by atoms with Crippen LogP contribution < -0.4 is 27.4 Å². The number of rotatable bonds is 21. The molecule has 0 saturated carbocycles. The highest BCUT2D eigenvalue weighted by atomic mass is 35.5. The smallest absolute Gasteiger partial charge is 0.270 e. The van der Waals surface area contributed by atoms with Crippen molar-refractivity contribution in [3.63, 3.8) is 0 Å². The molecule has 0 bridgehead atoms. The molecule has 12 aromatic rings. The van der Waals surface area contributed by atoms with Crippen molar-refractivity contribution in [1.29, 1.82) is 0 Å². The average molecular weight is 1480 g/mol. The second kappa shape index (κ2) is 31.6. The second-order valence-corrected chi connectivity index (χ2v) is 31.9. The van der Waals surface area contributed by atoms with Crippen molar-refractivity contribution in [2.24, 2.45) is 0 Å². The molecule has 2 aliphatic rings. The fourth-order valence-corrected chi connectivity index (χ4v) is 15.9. The fourth-order valence-electron chi connectivity index (χ4n) is 11.2. The minimum Gasteiger partial charge on any atom is -0.415 e. The predicted molar refractivity (Wildman–Crippen MR) is 396 cm³/mol. The minimum atomic E-state index is -3.46. The zero-order chi connectivity index (χ0) is 73.5. The van der Waals surface area contributed by atoms with Crippen molar-refractivity contribution >= 4 is 52.9 Å². The molecule has 0 radical (unpaired) electrons. The van der Waals surface area contributed by atoms with Gasteiger partial charge in [0.15, 0.2) is 42.7 Å². The highest BCUT2D eigenvalue weighted by Crippen LogP contribution is 2.36. The van der Waals surface area contributed by atoms with Crippen molar-refractivity contribution in [2.45, 2.75) is 78.4 Å². The van der Waals surface area contributed by atoms with E-state index in [9.17, 15) is 25.3 Å². The Kier molecular flexibility index (Phi) is 22.3. The minimum absolute atomic E-state index is 0. The maximum absolute atomic E-state index is 13.0. The SMILES string of the molecule is CNCc1ccc(-c2nnc(-c3nc(-c4ccc(S(=O)(=O)C(C)C)cc4Cl)cnc3N)o2)cc1.CNCc1ccc(-c2nnc(-c3nc(-c4ccc(S(=O)(=O)C5CCN(C)C5)cc4)cnc3N)o2)cc1.CNCc1ccc(-c2nnc(-c3nc(-c4ccc(S(=O)(=O)N5CCC5)cc4)cnc3C)o2)cc1.[HH]. The van der Waals surface area contributed by atoms with Gasteiger partial charge in [0.05, 0.1) is 71.6 Å². The highest BCUT2D eigenvalue weighted by molar-refractivity contribution is 7.92. The lowest BCUT2D eigenvalue weighted by molar-refractivity contribution is 0.309. The van der Waals surface area contributed by atoms with Crippen LogP contribution in [-0.4, -0.2) is 160 Å². The average Bonchev–Trinajstić information content (AvgIpc) is 1.77. The lowest BCUT2D eigenvalue weighted by Crippen LogP contribution is -2.41. The standard InChI is InChI=1S/C25H27N7O3S.C24H24N6O3S.C23H23ClN6O3S.H2/c1-27-13-16-3-5-18(6-4-16)24-30-31-25(35-24)22-23(26)28-14-21(29-22)17-7-9-19(10-8-17)36(33,34)20-11-12-32(2)15-20;1-16-22(24-29-28-23(33-24)19-6-4-17(5-7-19)14-25-2)27-21(15-26-16)18-8-10-20(11-9-18)34(31,32)30-12-3-13-30;1-13(2)34(31,32)16-8-9-17(18(24)10-16)19-12-27-21(25)20(28-19)23-30-29-22(33-23)15-6-4-14(5-7-15)11-26-3;/h3-10,14,20,27H,11-13,15H2,1-2H3,(H2,26,28);4-11,15,25H,3,12-14H2,1-2H3;4-10,12-13,26H,11H2,1-3H3,(H2,25,27);1H. The van der Waals surface area contributed by atoms with Crippen molar-refractivity contribution in [3.8, 4) is 103 Å². The van der Waals surface area contributed by atoms with Crippen LogP contribution in [0.5, 0.6) is 0 Å². The molecule has 6 aromatic carbocycles. The Morgan fingerprint density at radius 3 is 1.32 bits per heavy atom. The molecule has 1 unspecified atom stereocenters. The van der Waals surface area contributed by atoms with E-state index in [0.717, 1.165) is 71.5 Å². The molecule has 0 aliphatic carbocycles. The number of sulfonamides is 1. The molecular weight excluding hydrogens is 1410 g/mol. The number of sulfone groups is 2. The van der Waals surface area contributed by atoms with Gasteiger partial charge < -0.3 is 45.6 Å². The Bertz CT molecular complexity index is 5390. The summed E-state index contributed by atoms with van der Waals surface area (Å²) in [5.74, 6) is 1.87. The van der Waals surface area contributed by atoms with Crippen molar-refractivity contribution in [1.82, 2.24) is 85.7 Å². The number of hydrogen-bond donors (Lipinski definition) is 5. The van der Waals surface area contributed by atoms with Gasteiger partial charge in [-0.05, 0) is 164 Å². The Morgan fingerprint density at radius 2 is 0.904 bits per heavy atom. The molecule has 1 atom stereocenters. The number of likely N-dealkylation sites (tertiary alicyclic amines) is 1. The Balaban J connectivity index is 0.000000157. The van der Waals surface area contributed by atoms with E-state index in [1.807, 2.05) is 113 Å². The number of anilines is 2. The lowest BCUT2D eigenvalue weighted by atomic mass is 10.1. The van der Waals surface area contributed by atoms with Crippen LogP contribution in [0.15, 0.2) is 186 Å². The van der Waals surface area contributed by atoms with Gasteiger partial charge in [0.25, 0.3) is 17.7 Å². The molecule has 6 aromatic heterocycles. The van der Waals surface area contributed by atoms with Gasteiger partial charge in [0.1, 0.15) is 5.69 Å². The molecule has 2 aliphatic heterocycles. The summed E-state index contributed by atoms with van der Waals surface area (Å²) in [5, 5.41) is 33.4. The van der Waals surface area contributed by atoms with Crippen LogP contribution in [0.2, 0.25) is 5.02 Å². The Labute approximate surface area is 607 Å². The van der Waals surface area contributed by atoms with E-state index in [1.54, 1.807) is 74.6 Å². The quantitative estimate of drug-likeness (QED) is 0.0446. The molecule has 8 heterocycles. The molecule has 2 fully saturated rings. The molecule has 2 saturated heterocycles. The van der Waals surface area contributed by atoms with E-state index in [0.29, 0.717) is 88.2 Å². The summed E-state index contributed by atoms with van der Waals surface area (Å²) < 4.78 is 95.1. The van der Waals surface area contributed by atoms with Gasteiger partial charge in [-0.2, -0.15) is 4.31 Å². The summed E-state index contributed by atoms with van der Waals surface area (Å²) in [6.07, 6.45) is 6.17. The van der Waals surface area contributed by atoms with E-state index in [2.05, 4.69) is 76.4 Å². The van der Waals surface area contributed by atoms with Crippen LogP contribution in [0.4, 0.5) is 11.6 Å². The van der Waals surface area contributed by atoms with Crippen LogP contribution in [0.3, 0.4) is 0 Å². The summed E-state index contributed by atoms with van der Waals surface area (Å²) in [6, 6.07) is 41.3. The number of nitrogen functional groups attached to an aromatic ring is 2. The number of aryl methyl sites for hydroxylation is 1. The van der Waals surface area contributed by atoms with Crippen molar-refractivity contribution < 1.29 is 39.9 Å². The molecule has 0 amide bonds. The van der Waals surface area contributed by atoms with E-state index in [4.69, 9.17) is 36.3 Å². The van der Waals surface area contributed by atoms with Crippen LogP contribution in [-0.2, 0) is 49.3 Å². The first-order valence-electron chi connectivity index (χ1n) is 33.0. The maximum atomic E-state index is 13.0.